The number of nitrogens with zero attached hydrogens (tertiary/aromatic N) is 2. The quantitative estimate of drug-likeness (QED) is 0.636. The summed E-state index contributed by atoms with van der Waals surface area (Å²) >= 11 is 0. The van der Waals surface area contributed by atoms with E-state index in [1.807, 2.05) is 12.1 Å². The number of amides is 1. The fourth-order valence-electron chi connectivity index (χ4n) is 3.26. The van der Waals surface area contributed by atoms with Gasteiger partial charge in [-0.3, -0.25) is 9.69 Å². The van der Waals surface area contributed by atoms with E-state index in [0.29, 0.717) is 0 Å². The molecule has 0 unspecified atom stereocenters. The van der Waals surface area contributed by atoms with Crippen LogP contribution < -0.4 is 17.7 Å². The molecule has 0 spiro atoms. The van der Waals surface area contributed by atoms with Crippen molar-refractivity contribution in [3.8, 4) is 0 Å². The van der Waals surface area contributed by atoms with Crippen LogP contribution in [0.2, 0.25) is 0 Å². The fourth-order valence-corrected chi connectivity index (χ4v) is 3.26. The maximum absolute atomic E-state index is 11.5. The summed E-state index contributed by atoms with van der Waals surface area (Å²) < 4.78 is 1.23. The summed E-state index contributed by atoms with van der Waals surface area (Å²) in [6, 6.07) is 8.09. The number of carbonyl (C=O) groups excluding carboxylic acids is 1. The zero-order valence-electron chi connectivity index (χ0n) is 11.9. The maximum atomic E-state index is 11.5. The predicted octanol–water partition coefficient (Wildman–Crippen LogP) is -2.30. The van der Waals surface area contributed by atoms with Crippen molar-refractivity contribution >= 4 is 5.91 Å². The second-order valence-electron chi connectivity index (χ2n) is 5.79. The summed E-state index contributed by atoms with van der Waals surface area (Å²) in [4.78, 5) is 14.1. The Balaban J connectivity index is 0.00000147. The molecule has 4 nitrogen and oxygen atoms in total. The third-order valence-corrected chi connectivity index (χ3v) is 4.63. The van der Waals surface area contributed by atoms with E-state index in [1.165, 1.54) is 49.3 Å². The van der Waals surface area contributed by atoms with Crippen molar-refractivity contribution in [2.75, 3.05) is 46.3 Å². The molecule has 3 aliphatic heterocycles. The molecule has 20 heavy (non-hydrogen) atoms. The van der Waals surface area contributed by atoms with Crippen LogP contribution in [0.25, 0.3) is 0 Å². The van der Waals surface area contributed by atoms with Gasteiger partial charge >= 0.3 is 0 Å². The molecule has 5 heteroatoms. The van der Waals surface area contributed by atoms with Gasteiger partial charge in [0.1, 0.15) is 6.54 Å². The zero-order chi connectivity index (χ0) is 13.3. The minimum atomic E-state index is -0.00909. The topological polar surface area (TPSA) is 32.3 Å². The molecular formula is C15H22ClN3O. The largest absolute Gasteiger partial charge is 1.00 e. The molecule has 0 saturated carbocycles. The zero-order valence-corrected chi connectivity index (χ0v) is 12.7. The fraction of sp³-hybridized carbons (Fsp3) is 0.533. The molecule has 0 aliphatic carbocycles. The van der Waals surface area contributed by atoms with Crippen LogP contribution in [0.5, 0.6) is 0 Å². The van der Waals surface area contributed by atoms with Crippen LogP contribution >= 0.6 is 0 Å². The van der Waals surface area contributed by atoms with E-state index in [0.717, 1.165) is 12.1 Å². The van der Waals surface area contributed by atoms with Crippen LogP contribution in [-0.4, -0.2) is 61.6 Å². The van der Waals surface area contributed by atoms with Crippen molar-refractivity contribution in [1.82, 2.24) is 10.2 Å². The molecular weight excluding hydrogens is 274 g/mol. The smallest absolute Gasteiger partial charge is 0.251 e. The Morgan fingerprint density at radius 1 is 1.15 bits per heavy atom. The van der Waals surface area contributed by atoms with Gasteiger partial charge in [-0.25, -0.2) is 0 Å². The SMILES string of the molecule is CNC(=O)c1ccc(C[N+]23CCN(CC2)CC3)cc1.[Cl-]. The maximum Gasteiger partial charge on any atom is 0.251 e. The van der Waals surface area contributed by atoms with Gasteiger partial charge in [-0.1, -0.05) is 12.1 Å². The molecule has 1 aromatic carbocycles. The molecule has 2 bridgehead atoms. The summed E-state index contributed by atoms with van der Waals surface area (Å²) in [5.74, 6) is -0.00909. The van der Waals surface area contributed by atoms with Crippen LogP contribution in [0.4, 0.5) is 0 Å². The van der Waals surface area contributed by atoms with Crippen LogP contribution in [0.15, 0.2) is 24.3 Å². The van der Waals surface area contributed by atoms with Crippen molar-refractivity contribution in [2.24, 2.45) is 0 Å². The predicted molar refractivity (Wildman–Crippen MR) is 74.8 cm³/mol. The number of piperazine rings is 3. The number of hydrogen-bond acceptors (Lipinski definition) is 2. The molecule has 1 aromatic rings. The molecule has 0 aromatic heterocycles. The molecule has 3 heterocycles. The number of benzene rings is 1. The monoisotopic (exact) mass is 295 g/mol. The lowest BCUT2D eigenvalue weighted by Crippen LogP contribution is -3.00. The van der Waals surface area contributed by atoms with Gasteiger partial charge < -0.3 is 22.2 Å². The van der Waals surface area contributed by atoms with E-state index in [-0.39, 0.29) is 18.3 Å². The Morgan fingerprint density at radius 2 is 1.70 bits per heavy atom. The highest BCUT2D eigenvalue weighted by atomic mass is 35.5. The Bertz CT molecular complexity index is 453. The normalized spacial score (nSPS) is 27.8. The number of hydrogen-bond donors (Lipinski definition) is 1. The molecule has 4 rings (SSSR count). The average molecular weight is 296 g/mol. The van der Waals surface area contributed by atoms with Gasteiger partial charge in [-0.15, -0.1) is 0 Å². The molecule has 3 fully saturated rings. The average Bonchev–Trinajstić information content (AvgIpc) is 2.49. The Kier molecular flexibility index (Phi) is 4.68. The lowest BCUT2D eigenvalue weighted by Gasteiger charge is -2.50. The molecule has 0 atom stereocenters. The highest BCUT2D eigenvalue weighted by Crippen LogP contribution is 2.23. The summed E-state index contributed by atoms with van der Waals surface area (Å²) in [5.41, 5.74) is 2.10. The van der Waals surface area contributed by atoms with Crippen molar-refractivity contribution in [1.29, 1.82) is 0 Å². The van der Waals surface area contributed by atoms with Gasteiger partial charge in [0.2, 0.25) is 0 Å². The van der Waals surface area contributed by atoms with Gasteiger partial charge in [-0.2, -0.15) is 0 Å². The molecule has 3 saturated heterocycles. The molecule has 0 radical (unpaired) electrons. The summed E-state index contributed by atoms with van der Waals surface area (Å²) in [6.07, 6.45) is 0. The van der Waals surface area contributed by atoms with E-state index in [1.54, 1.807) is 7.05 Å². The second-order valence-corrected chi connectivity index (χ2v) is 5.79. The highest BCUT2D eigenvalue weighted by Gasteiger charge is 2.38. The summed E-state index contributed by atoms with van der Waals surface area (Å²) in [6.45, 7) is 8.68. The molecule has 1 N–H and O–H groups in total. The van der Waals surface area contributed by atoms with Crippen LogP contribution in [0.1, 0.15) is 15.9 Å². The Hall–Kier alpha value is -1.10. The lowest BCUT2D eigenvalue weighted by atomic mass is 10.1. The Morgan fingerprint density at radius 3 is 2.20 bits per heavy atom. The number of quaternary nitrogens is 1. The third-order valence-electron chi connectivity index (χ3n) is 4.63. The van der Waals surface area contributed by atoms with Gasteiger partial charge in [0.25, 0.3) is 5.91 Å². The van der Waals surface area contributed by atoms with E-state index in [9.17, 15) is 4.79 Å². The molecule has 3 aliphatic rings. The molecule has 1 amide bonds. The van der Waals surface area contributed by atoms with Crippen molar-refractivity contribution in [3.05, 3.63) is 35.4 Å². The first-order valence-corrected chi connectivity index (χ1v) is 7.09. The highest BCUT2D eigenvalue weighted by molar-refractivity contribution is 5.93. The van der Waals surface area contributed by atoms with Gasteiger partial charge in [-0.05, 0) is 12.1 Å². The van der Waals surface area contributed by atoms with E-state index in [2.05, 4.69) is 22.3 Å². The first kappa shape index (κ1) is 15.3. The first-order valence-electron chi connectivity index (χ1n) is 7.09. The minimum Gasteiger partial charge on any atom is -1.00 e. The Labute approximate surface area is 126 Å². The van der Waals surface area contributed by atoms with Gasteiger partial charge in [0.05, 0.1) is 19.6 Å². The number of rotatable bonds is 3. The summed E-state index contributed by atoms with van der Waals surface area (Å²) in [5, 5.41) is 2.66. The second kappa shape index (κ2) is 6.12. The number of nitrogens with one attached hydrogen (secondary N) is 1. The first-order chi connectivity index (χ1) is 9.21. The van der Waals surface area contributed by atoms with Crippen LogP contribution in [0.3, 0.4) is 0 Å². The van der Waals surface area contributed by atoms with Gasteiger partial charge in [0.15, 0.2) is 0 Å². The number of fused-ring (bicyclic) bond motifs is 3. The minimum absolute atomic E-state index is 0. The molecule has 110 valence electrons. The van der Waals surface area contributed by atoms with E-state index < -0.39 is 0 Å². The standard InChI is InChI=1S/C15H21N3O.ClH/c1-16-15(19)14-4-2-13(3-5-14)12-18-9-6-17(7-10-18)8-11-18;/h2-5H,6-12H2,1H3;1H. The third kappa shape index (κ3) is 2.97. The van der Waals surface area contributed by atoms with Crippen molar-refractivity contribution in [3.63, 3.8) is 0 Å². The van der Waals surface area contributed by atoms with Crippen molar-refractivity contribution < 1.29 is 21.7 Å². The van der Waals surface area contributed by atoms with Crippen LogP contribution in [0, 0.1) is 0 Å². The van der Waals surface area contributed by atoms with E-state index in [4.69, 9.17) is 0 Å². The lowest BCUT2D eigenvalue weighted by molar-refractivity contribution is -0.953. The number of carbonyl (C=O) groups is 1. The van der Waals surface area contributed by atoms with E-state index >= 15 is 0 Å². The summed E-state index contributed by atoms with van der Waals surface area (Å²) in [7, 11) is 1.67. The van der Waals surface area contributed by atoms with Crippen molar-refractivity contribution in [2.45, 2.75) is 6.54 Å². The van der Waals surface area contributed by atoms with Crippen LogP contribution in [-0.2, 0) is 6.54 Å². The number of halogens is 1. The van der Waals surface area contributed by atoms with Gasteiger partial charge in [0, 0.05) is 37.8 Å².